The van der Waals surface area contributed by atoms with E-state index in [9.17, 15) is 9.36 Å². The molecule has 136 valence electrons. The molecule has 1 aromatic heterocycles. The van der Waals surface area contributed by atoms with Gasteiger partial charge in [0.15, 0.2) is 0 Å². The Morgan fingerprint density at radius 1 is 1.12 bits per heavy atom. The first-order valence-electron chi connectivity index (χ1n) is 7.90. The normalized spacial score (nSPS) is 11.3. The van der Waals surface area contributed by atoms with Gasteiger partial charge in [-0.25, -0.2) is 0 Å². The molecular formula is C17H22NO5PS. The zero-order valence-corrected chi connectivity index (χ0v) is 16.2. The highest BCUT2D eigenvalue weighted by Crippen LogP contribution is 2.51. The van der Waals surface area contributed by atoms with E-state index in [1.54, 1.807) is 48.9 Å². The molecule has 0 fully saturated rings. The quantitative estimate of drug-likeness (QED) is 0.631. The highest BCUT2D eigenvalue weighted by Gasteiger charge is 2.24. The first-order valence-corrected chi connectivity index (χ1v) is 10.6. The van der Waals surface area contributed by atoms with Crippen LogP contribution in [0, 0.1) is 0 Å². The van der Waals surface area contributed by atoms with Crippen LogP contribution in [0.3, 0.4) is 0 Å². The van der Waals surface area contributed by atoms with Crippen LogP contribution in [-0.4, -0.2) is 26.2 Å². The fourth-order valence-electron chi connectivity index (χ4n) is 2.25. The van der Waals surface area contributed by atoms with Crippen LogP contribution in [0.2, 0.25) is 0 Å². The Kier molecular flexibility index (Phi) is 7.20. The van der Waals surface area contributed by atoms with Gasteiger partial charge in [-0.15, -0.1) is 11.3 Å². The molecule has 2 rings (SSSR count). The molecule has 1 heterocycles. The molecule has 0 aliphatic rings. The highest BCUT2D eigenvalue weighted by molar-refractivity contribution is 7.53. The standard InChI is InChI=1S/C17H22NO5PS/c1-4-22-24(20,23-5-2)10-13-6-8-14(9-7-13)18-17(19)15-11-25-12-16(15)21-3/h6-9,11-12H,4-5,10H2,1-3H3,(H,18,19). The van der Waals surface area contributed by atoms with Gasteiger partial charge in [0, 0.05) is 16.4 Å². The fourth-order valence-corrected chi connectivity index (χ4v) is 4.72. The third kappa shape index (κ3) is 5.41. The van der Waals surface area contributed by atoms with Crippen molar-refractivity contribution in [2.75, 3.05) is 25.6 Å². The number of amides is 1. The van der Waals surface area contributed by atoms with Crippen molar-refractivity contribution in [3.05, 3.63) is 46.2 Å². The molecule has 0 radical (unpaired) electrons. The lowest BCUT2D eigenvalue weighted by Gasteiger charge is -2.17. The molecule has 0 bridgehead atoms. The van der Waals surface area contributed by atoms with Crippen molar-refractivity contribution in [2.24, 2.45) is 0 Å². The third-order valence-corrected chi connectivity index (χ3v) is 6.11. The SMILES string of the molecule is CCOP(=O)(Cc1ccc(NC(=O)c2cscc2OC)cc1)OCC. The van der Waals surface area contributed by atoms with Crippen molar-refractivity contribution in [1.82, 2.24) is 0 Å². The van der Waals surface area contributed by atoms with E-state index < -0.39 is 7.60 Å². The first kappa shape index (κ1) is 19.7. The molecule has 0 saturated heterocycles. The number of anilines is 1. The summed E-state index contributed by atoms with van der Waals surface area (Å²) < 4.78 is 28.3. The van der Waals surface area contributed by atoms with Gasteiger partial charge in [-0.2, -0.15) is 0 Å². The van der Waals surface area contributed by atoms with E-state index >= 15 is 0 Å². The van der Waals surface area contributed by atoms with Gasteiger partial charge in [-0.1, -0.05) is 12.1 Å². The highest BCUT2D eigenvalue weighted by atomic mass is 32.1. The molecule has 0 aliphatic carbocycles. The number of thiophene rings is 1. The Morgan fingerprint density at radius 2 is 1.76 bits per heavy atom. The molecular weight excluding hydrogens is 361 g/mol. The van der Waals surface area contributed by atoms with E-state index in [2.05, 4.69) is 5.32 Å². The van der Waals surface area contributed by atoms with Crippen molar-refractivity contribution < 1.29 is 23.1 Å². The lowest BCUT2D eigenvalue weighted by molar-refractivity contribution is 0.102. The first-order chi connectivity index (χ1) is 12.0. The molecule has 1 N–H and O–H groups in total. The monoisotopic (exact) mass is 383 g/mol. The Bertz CT molecular complexity index is 734. The molecule has 6 nitrogen and oxygen atoms in total. The van der Waals surface area contributed by atoms with Crippen molar-refractivity contribution >= 4 is 30.5 Å². The Balaban J connectivity index is 2.04. The summed E-state index contributed by atoms with van der Waals surface area (Å²) in [6, 6.07) is 7.11. The Hall–Kier alpha value is -1.66. The average Bonchev–Trinajstić information content (AvgIpc) is 3.06. The zero-order valence-electron chi connectivity index (χ0n) is 14.5. The molecule has 0 atom stereocenters. The number of benzene rings is 1. The number of carbonyl (C=O) groups excluding carboxylic acids is 1. The largest absolute Gasteiger partial charge is 0.495 e. The fraction of sp³-hybridized carbons (Fsp3) is 0.353. The summed E-state index contributed by atoms with van der Waals surface area (Å²) >= 11 is 1.40. The molecule has 1 amide bonds. The van der Waals surface area contributed by atoms with Crippen LogP contribution >= 0.6 is 18.9 Å². The summed E-state index contributed by atoms with van der Waals surface area (Å²) in [4.78, 5) is 12.3. The molecule has 0 unspecified atom stereocenters. The Morgan fingerprint density at radius 3 is 2.32 bits per heavy atom. The van der Waals surface area contributed by atoms with Gasteiger partial charge in [0.1, 0.15) is 5.75 Å². The second kappa shape index (κ2) is 9.15. The summed E-state index contributed by atoms with van der Waals surface area (Å²) in [6.45, 7) is 4.22. The maximum absolute atomic E-state index is 12.5. The number of carbonyl (C=O) groups is 1. The minimum absolute atomic E-state index is 0.196. The molecule has 0 spiro atoms. The lowest BCUT2D eigenvalue weighted by Crippen LogP contribution is -2.11. The number of nitrogens with one attached hydrogen (secondary N) is 1. The van der Waals surface area contributed by atoms with Gasteiger partial charge in [0.2, 0.25) is 0 Å². The summed E-state index contributed by atoms with van der Waals surface area (Å²) in [6.07, 6.45) is 0.196. The van der Waals surface area contributed by atoms with Crippen molar-refractivity contribution in [3.8, 4) is 5.75 Å². The van der Waals surface area contributed by atoms with Crippen molar-refractivity contribution in [1.29, 1.82) is 0 Å². The van der Waals surface area contributed by atoms with Crippen molar-refractivity contribution in [2.45, 2.75) is 20.0 Å². The van der Waals surface area contributed by atoms with E-state index in [1.165, 1.54) is 18.4 Å². The molecule has 2 aromatic rings. The van der Waals surface area contributed by atoms with E-state index in [4.69, 9.17) is 13.8 Å². The minimum atomic E-state index is -3.14. The van der Waals surface area contributed by atoms with Gasteiger partial charge in [0.05, 0.1) is 32.0 Å². The predicted molar refractivity (Wildman–Crippen MR) is 99.8 cm³/mol. The van der Waals surface area contributed by atoms with Crippen LogP contribution in [-0.2, 0) is 19.8 Å². The summed E-state index contributed by atoms with van der Waals surface area (Å²) in [5.41, 5.74) is 1.95. The average molecular weight is 383 g/mol. The maximum Gasteiger partial charge on any atom is 0.335 e. The Labute approximate surface area is 151 Å². The van der Waals surface area contributed by atoms with E-state index in [0.717, 1.165) is 5.56 Å². The van der Waals surface area contributed by atoms with E-state index in [-0.39, 0.29) is 12.1 Å². The third-order valence-electron chi connectivity index (χ3n) is 3.33. The number of rotatable bonds is 9. The summed E-state index contributed by atoms with van der Waals surface area (Å²) in [5, 5.41) is 6.33. The molecule has 0 aliphatic heterocycles. The van der Waals surface area contributed by atoms with Gasteiger partial charge in [0.25, 0.3) is 5.91 Å². The number of methoxy groups -OCH3 is 1. The second-order valence-corrected chi connectivity index (χ2v) is 7.91. The summed E-state index contributed by atoms with van der Waals surface area (Å²) in [7, 11) is -1.61. The molecule has 25 heavy (non-hydrogen) atoms. The van der Waals surface area contributed by atoms with E-state index in [1.807, 2.05) is 0 Å². The lowest BCUT2D eigenvalue weighted by atomic mass is 10.2. The van der Waals surface area contributed by atoms with Gasteiger partial charge in [-0.3, -0.25) is 9.36 Å². The van der Waals surface area contributed by atoms with Gasteiger partial charge < -0.3 is 19.1 Å². The molecule has 1 aromatic carbocycles. The van der Waals surface area contributed by atoms with Crippen LogP contribution in [0.15, 0.2) is 35.0 Å². The smallest absolute Gasteiger partial charge is 0.335 e. The maximum atomic E-state index is 12.5. The van der Waals surface area contributed by atoms with Crippen LogP contribution in [0.1, 0.15) is 29.8 Å². The second-order valence-electron chi connectivity index (χ2n) is 5.11. The van der Waals surface area contributed by atoms with Crippen molar-refractivity contribution in [3.63, 3.8) is 0 Å². The minimum Gasteiger partial charge on any atom is -0.495 e. The number of hydrogen-bond donors (Lipinski definition) is 1. The van der Waals surface area contributed by atoms with Crippen LogP contribution in [0.5, 0.6) is 5.75 Å². The van der Waals surface area contributed by atoms with E-state index in [0.29, 0.717) is 30.2 Å². The zero-order chi connectivity index (χ0) is 18.3. The number of ether oxygens (including phenoxy) is 1. The van der Waals surface area contributed by atoms with Crippen LogP contribution in [0.4, 0.5) is 5.69 Å². The van der Waals surface area contributed by atoms with Crippen LogP contribution < -0.4 is 10.1 Å². The molecule has 0 saturated carbocycles. The van der Waals surface area contributed by atoms with Gasteiger partial charge in [-0.05, 0) is 31.5 Å². The van der Waals surface area contributed by atoms with Gasteiger partial charge >= 0.3 is 7.60 Å². The molecule has 8 heteroatoms. The topological polar surface area (TPSA) is 73.9 Å². The summed E-state index contributed by atoms with van der Waals surface area (Å²) in [5.74, 6) is 0.314. The predicted octanol–water partition coefficient (Wildman–Crippen LogP) is 4.78. The number of hydrogen-bond acceptors (Lipinski definition) is 6. The van der Waals surface area contributed by atoms with Crippen LogP contribution in [0.25, 0.3) is 0 Å².